The van der Waals surface area contributed by atoms with Crippen LogP contribution in [0, 0.1) is 0 Å². The van der Waals surface area contributed by atoms with E-state index < -0.39 is 6.04 Å². The van der Waals surface area contributed by atoms with Gasteiger partial charge in [0.05, 0.1) is 23.4 Å². The molecule has 9 heteroatoms. The number of anilines is 1. The average Bonchev–Trinajstić information content (AvgIpc) is 3.00. The van der Waals surface area contributed by atoms with Gasteiger partial charge in [-0.3, -0.25) is 14.4 Å². The zero-order valence-corrected chi connectivity index (χ0v) is 24.7. The minimum Gasteiger partial charge on any atom is -0.494 e. The number of hydrogen-bond acceptors (Lipinski definition) is 7. The van der Waals surface area contributed by atoms with Gasteiger partial charge in [0.1, 0.15) is 17.6 Å². The lowest BCUT2D eigenvalue weighted by Gasteiger charge is -2.19. The zero-order chi connectivity index (χ0) is 29.9. The lowest BCUT2D eigenvalue weighted by molar-refractivity contribution is -0.122. The number of ether oxygens (including phenoxy) is 1. The SMILES string of the molecule is CCCOc1ccc(-c2cc(C(=O)NC(CSCCC(C)=O)C(=O)NCc3ccccc3N)c3ccccc3n2)cc1. The number of nitrogens with zero attached hydrogens (tertiary/aromatic N) is 1. The van der Waals surface area contributed by atoms with E-state index in [9.17, 15) is 14.4 Å². The zero-order valence-electron chi connectivity index (χ0n) is 23.9. The summed E-state index contributed by atoms with van der Waals surface area (Å²) >= 11 is 1.45. The number of pyridine rings is 1. The van der Waals surface area contributed by atoms with E-state index in [0.29, 0.717) is 52.4 Å². The highest BCUT2D eigenvalue weighted by Gasteiger charge is 2.23. The fourth-order valence-corrected chi connectivity index (χ4v) is 5.36. The number of nitrogen functional groups attached to an aromatic ring is 1. The van der Waals surface area contributed by atoms with Gasteiger partial charge in [0.15, 0.2) is 0 Å². The molecule has 0 bridgehead atoms. The number of para-hydroxylation sites is 2. The number of nitrogens with one attached hydrogen (secondary N) is 2. The Morgan fingerprint density at radius 1 is 1.00 bits per heavy atom. The van der Waals surface area contributed by atoms with Crippen LogP contribution in [0.15, 0.2) is 78.9 Å². The molecule has 0 aliphatic carbocycles. The molecule has 2 amide bonds. The summed E-state index contributed by atoms with van der Waals surface area (Å²) in [6.07, 6.45) is 1.31. The van der Waals surface area contributed by atoms with E-state index in [1.54, 1.807) is 12.1 Å². The first-order chi connectivity index (χ1) is 20.4. The summed E-state index contributed by atoms with van der Waals surface area (Å²) < 4.78 is 5.70. The van der Waals surface area contributed by atoms with Crippen molar-refractivity contribution in [3.8, 4) is 17.0 Å². The lowest BCUT2D eigenvalue weighted by atomic mass is 10.0. The molecule has 0 fully saturated rings. The number of carbonyl (C=O) groups is 3. The van der Waals surface area contributed by atoms with Crippen LogP contribution < -0.4 is 21.1 Å². The smallest absolute Gasteiger partial charge is 0.252 e. The highest BCUT2D eigenvalue weighted by molar-refractivity contribution is 7.99. The first-order valence-corrected chi connectivity index (χ1v) is 15.1. The first kappa shape index (κ1) is 30.6. The third kappa shape index (κ3) is 8.33. The van der Waals surface area contributed by atoms with E-state index in [-0.39, 0.29) is 24.1 Å². The molecule has 0 spiro atoms. The largest absolute Gasteiger partial charge is 0.494 e. The number of aromatic nitrogens is 1. The second kappa shape index (κ2) is 15.0. The molecule has 0 radical (unpaired) electrons. The molecule has 0 saturated heterocycles. The van der Waals surface area contributed by atoms with Crippen molar-refractivity contribution in [2.24, 2.45) is 0 Å². The topological polar surface area (TPSA) is 123 Å². The maximum atomic E-state index is 13.8. The van der Waals surface area contributed by atoms with Gasteiger partial charge in [-0.15, -0.1) is 0 Å². The van der Waals surface area contributed by atoms with Crippen LogP contribution in [0.25, 0.3) is 22.2 Å². The molecule has 1 aromatic heterocycles. The summed E-state index contributed by atoms with van der Waals surface area (Å²) in [5.41, 5.74) is 9.97. The molecule has 1 atom stereocenters. The highest BCUT2D eigenvalue weighted by atomic mass is 32.2. The Labute approximate surface area is 250 Å². The molecule has 3 aromatic carbocycles. The van der Waals surface area contributed by atoms with Gasteiger partial charge in [-0.05, 0) is 61.4 Å². The van der Waals surface area contributed by atoms with Crippen molar-refractivity contribution in [1.29, 1.82) is 0 Å². The Balaban J connectivity index is 1.58. The van der Waals surface area contributed by atoms with E-state index in [1.807, 2.05) is 66.7 Å². The molecule has 8 nitrogen and oxygen atoms in total. The van der Waals surface area contributed by atoms with E-state index in [0.717, 1.165) is 23.3 Å². The van der Waals surface area contributed by atoms with Crippen LogP contribution in [-0.2, 0) is 16.1 Å². The van der Waals surface area contributed by atoms with Crippen LogP contribution in [-0.4, -0.2) is 46.7 Å². The molecule has 4 aromatic rings. The summed E-state index contributed by atoms with van der Waals surface area (Å²) in [5, 5.41) is 6.52. The molecule has 0 saturated carbocycles. The van der Waals surface area contributed by atoms with Crippen molar-refractivity contribution in [2.75, 3.05) is 23.8 Å². The Bertz CT molecular complexity index is 1540. The Morgan fingerprint density at radius 3 is 2.48 bits per heavy atom. The molecule has 218 valence electrons. The van der Waals surface area contributed by atoms with Crippen LogP contribution in [0.1, 0.15) is 42.6 Å². The number of amides is 2. The standard InChI is InChI=1S/C33H36N4O4S/c1-3-17-41-25-14-12-23(13-15-25)30-19-27(26-9-5-7-11-29(26)36-30)32(39)37-31(21-42-18-16-22(2)38)33(40)35-20-24-8-4-6-10-28(24)34/h4-15,19,31H,3,16-18,20-21,34H2,1-2H3,(H,35,40)(H,37,39). The van der Waals surface area contributed by atoms with Crippen LogP contribution in [0.4, 0.5) is 5.69 Å². The quantitative estimate of drug-likeness (QED) is 0.134. The van der Waals surface area contributed by atoms with Gasteiger partial charge >= 0.3 is 0 Å². The van der Waals surface area contributed by atoms with E-state index >= 15 is 0 Å². The van der Waals surface area contributed by atoms with Gasteiger partial charge < -0.3 is 21.1 Å². The third-order valence-corrected chi connectivity index (χ3v) is 7.66. The number of benzene rings is 3. The summed E-state index contributed by atoms with van der Waals surface area (Å²) in [7, 11) is 0. The van der Waals surface area contributed by atoms with E-state index in [2.05, 4.69) is 17.6 Å². The molecule has 4 N–H and O–H groups in total. The summed E-state index contributed by atoms with van der Waals surface area (Å²) in [4.78, 5) is 43.3. The molecule has 4 rings (SSSR count). The average molecular weight is 585 g/mol. The van der Waals surface area contributed by atoms with Crippen molar-refractivity contribution in [3.63, 3.8) is 0 Å². The fourth-order valence-electron chi connectivity index (χ4n) is 4.29. The van der Waals surface area contributed by atoms with E-state index in [1.165, 1.54) is 18.7 Å². The number of rotatable bonds is 14. The number of ketones is 1. The summed E-state index contributed by atoms with van der Waals surface area (Å²) in [6, 6.07) is 23.3. The van der Waals surface area contributed by atoms with Crippen molar-refractivity contribution < 1.29 is 19.1 Å². The fraction of sp³-hybridized carbons (Fsp3) is 0.273. The normalized spacial score (nSPS) is 11.6. The molecule has 0 aliphatic heterocycles. The Hall–Kier alpha value is -4.37. The monoisotopic (exact) mass is 584 g/mol. The maximum absolute atomic E-state index is 13.8. The van der Waals surface area contributed by atoms with Crippen LogP contribution in [0.5, 0.6) is 5.75 Å². The number of Topliss-reactive ketones (excluding diaryl/α,β-unsaturated/α-hetero) is 1. The predicted octanol–water partition coefficient (Wildman–Crippen LogP) is 5.40. The number of nitrogens with two attached hydrogens (primary N) is 1. The third-order valence-electron chi connectivity index (χ3n) is 6.60. The van der Waals surface area contributed by atoms with Crippen molar-refractivity contribution >= 4 is 45.9 Å². The summed E-state index contributed by atoms with van der Waals surface area (Å²) in [5.74, 6) is 0.999. The minimum absolute atomic E-state index is 0.0767. The molecule has 0 aliphatic rings. The van der Waals surface area contributed by atoms with Gasteiger partial charge in [-0.1, -0.05) is 43.3 Å². The van der Waals surface area contributed by atoms with Gasteiger partial charge in [-0.2, -0.15) is 11.8 Å². The van der Waals surface area contributed by atoms with Crippen molar-refractivity contribution in [1.82, 2.24) is 15.6 Å². The molecule has 1 unspecified atom stereocenters. The number of carbonyl (C=O) groups excluding carboxylic acids is 3. The Morgan fingerprint density at radius 2 is 1.74 bits per heavy atom. The highest BCUT2D eigenvalue weighted by Crippen LogP contribution is 2.27. The van der Waals surface area contributed by atoms with Gasteiger partial charge in [0, 0.05) is 41.1 Å². The van der Waals surface area contributed by atoms with Crippen molar-refractivity contribution in [3.05, 3.63) is 90.0 Å². The predicted molar refractivity (Wildman–Crippen MR) is 170 cm³/mol. The molecule has 42 heavy (non-hydrogen) atoms. The maximum Gasteiger partial charge on any atom is 0.252 e. The van der Waals surface area contributed by atoms with E-state index in [4.69, 9.17) is 15.5 Å². The molecular formula is C33H36N4O4S. The van der Waals surface area contributed by atoms with Gasteiger partial charge in [0.25, 0.3) is 5.91 Å². The second-order valence-electron chi connectivity index (χ2n) is 9.91. The molecular weight excluding hydrogens is 548 g/mol. The van der Waals surface area contributed by atoms with Crippen molar-refractivity contribution in [2.45, 2.75) is 39.3 Å². The minimum atomic E-state index is -0.829. The Kier molecular flexibility index (Phi) is 10.9. The number of hydrogen-bond donors (Lipinski definition) is 3. The number of thioether (sulfide) groups is 1. The number of fused-ring (bicyclic) bond motifs is 1. The van der Waals surface area contributed by atoms with Gasteiger partial charge in [0.2, 0.25) is 5.91 Å². The van der Waals surface area contributed by atoms with Crippen LogP contribution in [0.3, 0.4) is 0 Å². The second-order valence-corrected chi connectivity index (χ2v) is 11.1. The lowest BCUT2D eigenvalue weighted by Crippen LogP contribution is -2.48. The van der Waals surface area contributed by atoms with Gasteiger partial charge in [-0.25, -0.2) is 4.98 Å². The first-order valence-electron chi connectivity index (χ1n) is 14.0. The van der Waals surface area contributed by atoms with Crippen LogP contribution >= 0.6 is 11.8 Å². The molecule has 1 heterocycles. The summed E-state index contributed by atoms with van der Waals surface area (Å²) in [6.45, 7) is 4.46. The van der Waals surface area contributed by atoms with Crippen LogP contribution in [0.2, 0.25) is 0 Å².